The summed E-state index contributed by atoms with van der Waals surface area (Å²) in [4.78, 5) is 26.2. The highest BCUT2D eigenvalue weighted by molar-refractivity contribution is 9.10. The average molecular weight is 374 g/mol. The minimum Gasteiger partial charge on any atom is -0.295 e. The molecule has 0 aliphatic carbocycles. The van der Waals surface area contributed by atoms with Gasteiger partial charge in [-0.15, -0.1) is 4.68 Å². The van der Waals surface area contributed by atoms with Crippen LogP contribution < -0.4 is 10.6 Å². The number of rotatable bonds is 2. The molecule has 0 aliphatic heterocycles. The van der Waals surface area contributed by atoms with E-state index in [0.29, 0.717) is 15.8 Å². The van der Waals surface area contributed by atoms with E-state index in [1.54, 1.807) is 49.5 Å². The van der Waals surface area contributed by atoms with E-state index >= 15 is 0 Å². The van der Waals surface area contributed by atoms with Gasteiger partial charge in [-0.05, 0) is 50.6 Å². The zero-order valence-corrected chi connectivity index (χ0v) is 13.7. The van der Waals surface area contributed by atoms with Gasteiger partial charge in [-0.2, -0.15) is 4.68 Å². The van der Waals surface area contributed by atoms with Gasteiger partial charge in [0.2, 0.25) is 0 Å². The van der Waals surface area contributed by atoms with Crippen LogP contribution in [0.25, 0.3) is 5.69 Å². The number of benzene rings is 2. The highest BCUT2D eigenvalue weighted by Gasteiger charge is 2.20. The summed E-state index contributed by atoms with van der Waals surface area (Å²) in [6, 6.07) is 15.5. The summed E-state index contributed by atoms with van der Waals surface area (Å²) in [5, 5.41) is 7.47. The molecule has 0 unspecified atom stereocenters. The van der Waals surface area contributed by atoms with Crippen LogP contribution in [-0.4, -0.2) is 32.9 Å². The molecule has 0 aliphatic rings. The third-order valence-corrected chi connectivity index (χ3v) is 3.94. The molecule has 1 aromatic heterocycles. The van der Waals surface area contributed by atoms with Gasteiger partial charge in [0.1, 0.15) is 0 Å². The van der Waals surface area contributed by atoms with E-state index in [1.807, 2.05) is 12.1 Å². The van der Waals surface area contributed by atoms with E-state index in [-0.39, 0.29) is 0 Å². The molecule has 7 nitrogen and oxygen atoms in total. The van der Waals surface area contributed by atoms with E-state index in [2.05, 4.69) is 26.4 Å². The number of carbonyl (C=O) groups excluding carboxylic acids is 1. The molecular weight excluding hydrogens is 362 g/mol. The summed E-state index contributed by atoms with van der Waals surface area (Å²) < 4.78 is 2.48. The van der Waals surface area contributed by atoms with E-state index < -0.39 is 11.7 Å². The van der Waals surface area contributed by atoms with Crippen LogP contribution >= 0.6 is 15.9 Å². The number of hydrogen-bond acceptors (Lipinski definition) is 4. The lowest BCUT2D eigenvalue weighted by Gasteiger charge is -2.15. The lowest BCUT2D eigenvalue weighted by Crippen LogP contribution is -2.38. The third-order valence-electron chi connectivity index (χ3n) is 3.27. The largest absolute Gasteiger partial charge is 0.377 e. The van der Waals surface area contributed by atoms with Crippen molar-refractivity contribution in [3.63, 3.8) is 0 Å². The summed E-state index contributed by atoms with van der Waals surface area (Å²) in [5.41, 5.74) is 0.531. The Morgan fingerprint density at radius 1 is 1.04 bits per heavy atom. The first-order valence-corrected chi connectivity index (χ1v) is 7.52. The SMILES string of the molecule is CN(C(=O)n1nnn(-c2ccccc2Br)c1=O)c1ccccc1. The van der Waals surface area contributed by atoms with Crippen molar-refractivity contribution in [3.8, 4) is 5.69 Å². The second kappa shape index (κ2) is 6.17. The molecule has 0 N–H and O–H groups in total. The van der Waals surface area contributed by atoms with Crippen LogP contribution in [0.2, 0.25) is 0 Å². The van der Waals surface area contributed by atoms with Crippen molar-refractivity contribution in [2.45, 2.75) is 0 Å². The van der Waals surface area contributed by atoms with Crippen LogP contribution in [0.15, 0.2) is 63.9 Å². The summed E-state index contributed by atoms with van der Waals surface area (Å²) in [6.07, 6.45) is 0. The maximum absolute atomic E-state index is 12.5. The van der Waals surface area contributed by atoms with E-state index in [9.17, 15) is 9.59 Å². The van der Waals surface area contributed by atoms with Gasteiger partial charge in [0.25, 0.3) is 0 Å². The molecule has 8 heteroatoms. The third kappa shape index (κ3) is 2.80. The number of hydrogen-bond donors (Lipinski definition) is 0. The highest BCUT2D eigenvalue weighted by atomic mass is 79.9. The molecule has 3 rings (SSSR count). The maximum atomic E-state index is 12.5. The Labute approximate surface area is 139 Å². The molecule has 0 saturated heterocycles. The Bertz CT molecular complexity index is 903. The van der Waals surface area contributed by atoms with Crippen molar-refractivity contribution < 1.29 is 4.79 Å². The molecule has 116 valence electrons. The molecule has 1 heterocycles. The van der Waals surface area contributed by atoms with E-state index in [0.717, 1.165) is 9.36 Å². The molecule has 0 radical (unpaired) electrons. The number of tetrazole rings is 1. The smallest absolute Gasteiger partial charge is 0.295 e. The van der Waals surface area contributed by atoms with E-state index in [4.69, 9.17) is 0 Å². The standard InChI is InChI=1S/C15H12BrN5O2/c1-19(11-7-3-2-4-8-11)14(22)21-15(23)20(17-18-21)13-10-6-5-9-12(13)16/h2-10H,1H3. The summed E-state index contributed by atoms with van der Waals surface area (Å²) >= 11 is 3.35. The second-order valence-corrected chi connectivity index (χ2v) is 5.57. The van der Waals surface area contributed by atoms with Crippen LogP contribution in [0.3, 0.4) is 0 Å². The van der Waals surface area contributed by atoms with Crippen molar-refractivity contribution >= 4 is 27.6 Å². The fraction of sp³-hybridized carbons (Fsp3) is 0.0667. The molecule has 0 bridgehead atoms. The van der Waals surface area contributed by atoms with Crippen LogP contribution in [0.4, 0.5) is 10.5 Å². The first-order chi connectivity index (χ1) is 11.1. The Balaban J connectivity index is 1.98. The number of amides is 1. The number of carbonyl (C=O) groups is 1. The predicted molar refractivity (Wildman–Crippen MR) is 89.0 cm³/mol. The minimum absolute atomic E-state index is 0.513. The Morgan fingerprint density at radius 2 is 1.70 bits per heavy atom. The van der Waals surface area contributed by atoms with Crippen molar-refractivity contribution in [2.24, 2.45) is 0 Å². The van der Waals surface area contributed by atoms with Crippen molar-refractivity contribution in [1.82, 2.24) is 19.8 Å². The normalized spacial score (nSPS) is 10.5. The minimum atomic E-state index is -0.635. The molecule has 3 aromatic rings. The maximum Gasteiger partial charge on any atom is 0.377 e. The first-order valence-electron chi connectivity index (χ1n) is 6.72. The fourth-order valence-electron chi connectivity index (χ4n) is 2.05. The fourth-order valence-corrected chi connectivity index (χ4v) is 2.50. The topological polar surface area (TPSA) is 73.0 Å². The first kappa shape index (κ1) is 15.2. The molecule has 2 aromatic carbocycles. The van der Waals surface area contributed by atoms with Gasteiger partial charge in [0.05, 0.1) is 5.69 Å². The molecule has 0 fully saturated rings. The van der Waals surface area contributed by atoms with Crippen molar-refractivity contribution in [2.75, 3.05) is 11.9 Å². The molecular formula is C15H12BrN5O2. The molecule has 0 saturated carbocycles. The zero-order valence-electron chi connectivity index (χ0n) is 12.1. The number of halogens is 1. The van der Waals surface area contributed by atoms with Crippen LogP contribution in [0.5, 0.6) is 0 Å². The molecule has 1 amide bonds. The van der Waals surface area contributed by atoms with Gasteiger partial charge in [0, 0.05) is 17.2 Å². The Morgan fingerprint density at radius 3 is 2.39 bits per heavy atom. The van der Waals surface area contributed by atoms with Gasteiger partial charge in [-0.1, -0.05) is 30.3 Å². The lowest BCUT2D eigenvalue weighted by molar-refractivity contribution is 0.245. The Kier molecular flexibility index (Phi) is 4.07. The molecule has 0 spiro atoms. The summed E-state index contributed by atoms with van der Waals surface area (Å²) in [5.74, 6) is 0. The second-order valence-electron chi connectivity index (χ2n) is 4.71. The van der Waals surface area contributed by atoms with Gasteiger partial charge in [-0.3, -0.25) is 4.90 Å². The number of para-hydroxylation sites is 2. The monoisotopic (exact) mass is 373 g/mol. The number of nitrogens with zero attached hydrogens (tertiary/aromatic N) is 5. The van der Waals surface area contributed by atoms with Gasteiger partial charge < -0.3 is 0 Å². The Hall–Kier alpha value is -2.74. The molecule has 23 heavy (non-hydrogen) atoms. The summed E-state index contributed by atoms with van der Waals surface area (Å²) in [7, 11) is 1.57. The summed E-state index contributed by atoms with van der Waals surface area (Å²) in [6.45, 7) is 0. The van der Waals surface area contributed by atoms with Crippen LogP contribution in [0.1, 0.15) is 0 Å². The predicted octanol–water partition coefficient (Wildman–Crippen LogP) is 2.30. The van der Waals surface area contributed by atoms with Gasteiger partial charge >= 0.3 is 11.7 Å². The zero-order chi connectivity index (χ0) is 16.4. The molecule has 0 atom stereocenters. The van der Waals surface area contributed by atoms with Crippen molar-refractivity contribution in [3.05, 3.63) is 69.6 Å². The van der Waals surface area contributed by atoms with Gasteiger partial charge in [0.15, 0.2) is 0 Å². The van der Waals surface area contributed by atoms with E-state index in [1.165, 1.54) is 4.90 Å². The average Bonchev–Trinajstić information content (AvgIpc) is 2.96. The number of anilines is 1. The lowest BCUT2D eigenvalue weighted by atomic mass is 10.3. The van der Waals surface area contributed by atoms with Gasteiger partial charge in [-0.25, -0.2) is 9.59 Å². The van der Waals surface area contributed by atoms with Crippen molar-refractivity contribution in [1.29, 1.82) is 0 Å². The van der Waals surface area contributed by atoms with Crippen LogP contribution in [0, 0.1) is 0 Å². The number of aromatic nitrogens is 4. The quantitative estimate of drug-likeness (QED) is 0.646. The highest BCUT2D eigenvalue weighted by Crippen LogP contribution is 2.18. The van der Waals surface area contributed by atoms with Crippen LogP contribution in [-0.2, 0) is 0 Å².